The van der Waals surface area contributed by atoms with E-state index in [1.54, 1.807) is 13.8 Å². The van der Waals surface area contributed by atoms with E-state index in [0.717, 1.165) is 30.1 Å². The lowest BCUT2D eigenvalue weighted by Crippen LogP contribution is -2.36. The molecule has 1 aliphatic rings. The number of amidine groups is 1. The largest absolute Gasteiger partial charge is 0.359 e. The van der Waals surface area contributed by atoms with Crippen molar-refractivity contribution in [2.24, 2.45) is 4.99 Å². The van der Waals surface area contributed by atoms with Gasteiger partial charge in [0.15, 0.2) is 17.4 Å². The number of benzene rings is 1. The van der Waals surface area contributed by atoms with Crippen LogP contribution in [0.5, 0.6) is 0 Å². The smallest absolute Gasteiger partial charge is 0.260 e. The van der Waals surface area contributed by atoms with E-state index in [9.17, 15) is 10.1 Å². The van der Waals surface area contributed by atoms with E-state index < -0.39 is 6.54 Å². The maximum absolute atomic E-state index is 11.5. The molecule has 2 aromatic heterocycles. The first-order chi connectivity index (χ1) is 15.3. The second-order valence-electron chi connectivity index (χ2n) is 7.86. The van der Waals surface area contributed by atoms with Crippen molar-refractivity contribution in [3.8, 4) is 0 Å². The molecule has 32 heavy (non-hydrogen) atoms. The van der Waals surface area contributed by atoms with Gasteiger partial charge >= 0.3 is 0 Å². The van der Waals surface area contributed by atoms with Crippen molar-refractivity contribution in [1.29, 1.82) is 0 Å². The molecule has 3 heterocycles. The van der Waals surface area contributed by atoms with Crippen molar-refractivity contribution in [3.05, 3.63) is 68.1 Å². The Morgan fingerprint density at radius 2 is 2.03 bits per heavy atom. The molecule has 0 spiro atoms. The van der Waals surface area contributed by atoms with Gasteiger partial charge < -0.3 is 14.0 Å². The molecule has 4 rings (SSSR count). The number of likely N-dealkylation sites (tertiary alicyclic amines) is 1. The van der Waals surface area contributed by atoms with Crippen molar-refractivity contribution in [2.75, 3.05) is 13.1 Å². The lowest BCUT2D eigenvalue weighted by atomic mass is 10.1. The van der Waals surface area contributed by atoms with E-state index in [1.165, 1.54) is 0 Å². The third-order valence-electron chi connectivity index (χ3n) is 5.61. The van der Waals surface area contributed by atoms with Crippen LogP contribution in [-0.4, -0.2) is 48.7 Å². The Morgan fingerprint density at radius 1 is 1.28 bits per heavy atom. The summed E-state index contributed by atoms with van der Waals surface area (Å²) in [5, 5.41) is 24.8. The van der Waals surface area contributed by atoms with Gasteiger partial charge in [-0.2, -0.15) is 0 Å². The van der Waals surface area contributed by atoms with Crippen LogP contribution in [0.15, 0.2) is 33.8 Å². The van der Waals surface area contributed by atoms with Gasteiger partial charge in [-0.05, 0) is 51.3 Å². The second-order valence-corrected chi connectivity index (χ2v) is 8.30. The Hall–Kier alpha value is -3.27. The lowest BCUT2D eigenvalue weighted by molar-refractivity contribution is -0.464. The number of aromatic nitrogens is 4. The molecule has 0 N–H and O–H groups in total. The number of aliphatic imine (C=N–C) groups is 1. The lowest BCUT2D eigenvalue weighted by Gasteiger charge is -2.26. The number of nitrogens with zero attached hydrogens (tertiary/aromatic N) is 7. The summed E-state index contributed by atoms with van der Waals surface area (Å²) in [5.41, 5.74) is 2.20. The van der Waals surface area contributed by atoms with E-state index in [-0.39, 0.29) is 11.0 Å². The van der Waals surface area contributed by atoms with E-state index >= 15 is 0 Å². The molecule has 0 unspecified atom stereocenters. The molecule has 0 radical (unpaired) electrons. The first-order valence-corrected chi connectivity index (χ1v) is 10.7. The van der Waals surface area contributed by atoms with Crippen LogP contribution in [0.2, 0.25) is 5.02 Å². The topological polar surface area (TPSA) is 115 Å². The van der Waals surface area contributed by atoms with Gasteiger partial charge in [0, 0.05) is 16.5 Å². The van der Waals surface area contributed by atoms with Crippen molar-refractivity contribution in [1.82, 2.24) is 24.8 Å². The highest BCUT2D eigenvalue weighted by Gasteiger charge is 2.35. The van der Waals surface area contributed by atoms with E-state index in [1.807, 2.05) is 40.7 Å². The summed E-state index contributed by atoms with van der Waals surface area (Å²) in [6, 6.07) is 7.47. The minimum atomic E-state index is -0.398. The van der Waals surface area contributed by atoms with Gasteiger partial charge in [0.25, 0.3) is 6.54 Å². The summed E-state index contributed by atoms with van der Waals surface area (Å²) >= 11 is 6.02. The van der Waals surface area contributed by atoms with Gasteiger partial charge in [0.05, 0.1) is 12.6 Å². The van der Waals surface area contributed by atoms with Crippen molar-refractivity contribution >= 4 is 23.1 Å². The van der Waals surface area contributed by atoms with Crippen molar-refractivity contribution in [2.45, 2.75) is 46.2 Å². The number of hydrogen-bond acceptors (Lipinski definition) is 7. The number of aryl methyl sites for hydroxylation is 3. The van der Waals surface area contributed by atoms with E-state index in [0.29, 0.717) is 41.1 Å². The average molecular weight is 458 g/mol. The van der Waals surface area contributed by atoms with Crippen molar-refractivity contribution in [3.63, 3.8) is 0 Å². The minimum Gasteiger partial charge on any atom is -0.359 e. The molecule has 11 heteroatoms. The maximum Gasteiger partial charge on any atom is 0.260 e. The Bertz CT molecular complexity index is 1130. The van der Waals surface area contributed by atoms with Crippen LogP contribution in [0.4, 0.5) is 5.69 Å². The van der Waals surface area contributed by atoms with Gasteiger partial charge in [-0.15, -0.1) is 10.2 Å². The quantitative estimate of drug-likeness (QED) is 0.237. The second kappa shape index (κ2) is 9.07. The molecule has 10 nitrogen and oxygen atoms in total. The standard InChI is InChI=1S/C21H24ClN7O3/c1-13-20(14(2)32-26-13)23-19(12-29(30)31)27-10-4-5-18(27)21-25-24-15(3)28(21)11-16-6-8-17(22)9-7-16/h6-9,18H,4-5,10-12H2,1-3H3/t18-/m1/s1. The Labute approximate surface area is 190 Å². The molecule has 168 valence electrons. The Kier molecular flexibility index (Phi) is 6.22. The van der Waals surface area contributed by atoms with Crippen LogP contribution in [0.1, 0.15) is 47.5 Å². The summed E-state index contributed by atoms with van der Waals surface area (Å²) in [7, 11) is 0. The van der Waals surface area contributed by atoms with Crippen LogP contribution < -0.4 is 0 Å². The first kappa shape index (κ1) is 21.9. The van der Waals surface area contributed by atoms with Gasteiger partial charge in [0.1, 0.15) is 17.2 Å². The summed E-state index contributed by atoms with van der Waals surface area (Å²) in [5.74, 6) is 2.44. The highest BCUT2D eigenvalue weighted by atomic mass is 35.5. The SMILES string of the molecule is Cc1noc(C)c1N=C(C[N+](=O)[O-])N1CCC[C@@H]1c1nnc(C)n1Cc1ccc(Cl)cc1. The molecular weight excluding hydrogens is 434 g/mol. The fourth-order valence-corrected chi connectivity index (χ4v) is 4.15. The fraction of sp³-hybridized carbons (Fsp3) is 0.429. The molecular formula is C21H24ClN7O3. The van der Waals surface area contributed by atoms with Crippen LogP contribution >= 0.6 is 11.6 Å². The summed E-state index contributed by atoms with van der Waals surface area (Å²) in [4.78, 5) is 17.7. The highest BCUT2D eigenvalue weighted by molar-refractivity contribution is 6.30. The zero-order valence-electron chi connectivity index (χ0n) is 18.2. The number of halogens is 1. The van der Waals surface area contributed by atoms with E-state index in [2.05, 4.69) is 20.3 Å². The highest BCUT2D eigenvalue weighted by Crippen LogP contribution is 2.33. The Balaban J connectivity index is 1.69. The monoisotopic (exact) mass is 457 g/mol. The molecule has 1 fully saturated rings. The number of rotatable bonds is 6. The van der Waals surface area contributed by atoms with Gasteiger partial charge in [-0.3, -0.25) is 10.1 Å². The van der Waals surface area contributed by atoms with Gasteiger partial charge in [0.2, 0.25) is 0 Å². The molecule has 0 amide bonds. The Morgan fingerprint density at radius 3 is 2.69 bits per heavy atom. The third kappa shape index (κ3) is 4.50. The van der Waals surface area contributed by atoms with Gasteiger partial charge in [-0.1, -0.05) is 28.9 Å². The maximum atomic E-state index is 11.5. The fourth-order valence-electron chi connectivity index (χ4n) is 4.03. The van der Waals surface area contributed by atoms with Crippen LogP contribution in [0.3, 0.4) is 0 Å². The molecule has 1 aliphatic heterocycles. The third-order valence-corrected chi connectivity index (χ3v) is 5.86. The molecule has 1 aromatic carbocycles. The molecule has 0 aliphatic carbocycles. The van der Waals surface area contributed by atoms with Gasteiger partial charge in [-0.25, -0.2) is 4.99 Å². The first-order valence-electron chi connectivity index (χ1n) is 10.4. The van der Waals surface area contributed by atoms with Crippen LogP contribution in [0.25, 0.3) is 0 Å². The predicted octanol–water partition coefficient (Wildman–Crippen LogP) is 4.04. The van der Waals surface area contributed by atoms with E-state index in [4.69, 9.17) is 16.1 Å². The number of nitro groups is 1. The predicted molar refractivity (Wildman–Crippen MR) is 119 cm³/mol. The van der Waals surface area contributed by atoms with Crippen molar-refractivity contribution < 1.29 is 9.45 Å². The normalized spacial score (nSPS) is 16.7. The molecule has 0 bridgehead atoms. The van der Waals surface area contributed by atoms with Crippen LogP contribution in [0, 0.1) is 30.9 Å². The summed E-state index contributed by atoms with van der Waals surface area (Å²) < 4.78 is 7.24. The molecule has 0 saturated carbocycles. The number of hydrogen-bond donors (Lipinski definition) is 0. The zero-order chi connectivity index (χ0) is 22.8. The zero-order valence-corrected chi connectivity index (χ0v) is 18.9. The summed E-state index contributed by atoms with van der Waals surface area (Å²) in [6.07, 6.45) is 1.67. The summed E-state index contributed by atoms with van der Waals surface area (Å²) in [6.45, 7) is 6.25. The molecule has 1 atom stereocenters. The molecule has 1 saturated heterocycles. The van der Waals surface area contributed by atoms with Crippen LogP contribution in [-0.2, 0) is 6.54 Å². The minimum absolute atomic E-state index is 0.164. The average Bonchev–Trinajstić information content (AvgIpc) is 3.45. The molecule has 3 aromatic rings.